The molecule has 0 aromatic heterocycles. The lowest BCUT2D eigenvalue weighted by Crippen LogP contribution is -1.43. The molecule has 0 saturated carbocycles. The SMILES string of the molecule is C1=CN=PC1. The smallest absolute Gasteiger partial charge is 0.0281 e. The second-order valence-electron chi connectivity index (χ2n) is 0.824. The third kappa shape index (κ3) is 0.555. The molecular formula is C3H4NP. The molecule has 1 heterocycles. The highest BCUT2D eigenvalue weighted by molar-refractivity contribution is 7.27. The Bertz CT molecular complexity index is 65.0. The lowest BCUT2D eigenvalue weighted by molar-refractivity contribution is 1.66. The van der Waals surface area contributed by atoms with E-state index in [9.17, 15) is 0 Å². The van der Waals surface area contributed by atoms with Crippen LogP contribution < -0.4 is 0 Å². The van der Waals surface area contributed by atoms with Crippen LogP contribution in [0.1, 0.15) is 0 Å². The molecule has 0 bridgehead atoms. The highest BCUT2D eigenvalue weighted by Crippen LogP contribution is 2.05. The van der Waals surface area contributed by atoms with Gasteiger partial charge in [-0.05, 0) is 0 Å². The summed E-state index contributed by atoms with van der Waals surface area (Å²) in [5.74, 6) is 0. The predicted molar refractivity (Wildman–Crippen MR) is 23.4 cm³/mol. The van der Waals surface area contributed by atoms with Crippen LogP contribution in [0, 0.1) is 0 Å². The molecule has 0 unspecified atom stereocenters. The van der Waals surface area contributed by atoms with Gasteiger partial charge in [0, 0.05) is 20.7 Å². The Kier molecular flexibility index (Phi) is 0.806. The topological polar surface area (TPSA) is 12.4 Å². The van der Waals surface area contributed by atoms with Crippen molar-refractivity contribution >= 4 is 8.37 Å². The minimum atomic E-state index is 1.12. The predicted octanol–water partition coefficient (Wildman–Crippen LogP) is 1.64. The fourth-order valence-electron chi connectivity index (χ4n) is 0.236. The van der Waals surface area contributed by atoms with Gasteiger partial charge < -0.3 is 0 Å². The first-order chi connectivity index (χ1) is 2.50. The van der Waals surface area contributed by atoms with Crippen LogP contribution in [0.5, 0.6) is 0 Å². The average molecular weight is 85.0 g/mol. The van der Waals surface area contributed by atoms with E-state index in [0.29, 0.717) is 0 Å². The largest absolute Gasteiger partial charge is 0.240 e. The van der Waals surface area contributed by atoms with Crippen LogP contribution in [0.2, 0.25) is 0 Å². The number of hydrogen-bond donors (Lipinski definition) is 0. The molecule has 0 fully saturated rings. The molecule has 0 N–H and O–H groups in total. The molecule has 0 spiro atoms. The van der Waals surface area contributed by atoms with Gasteiger partial charge in [-0.25, -0.2) is 4.74 Å². The van der Waals surface area contributed by atoms with Gasteiger partial charge in [0.05, 0.1) is 0 Å². The number of allylic oxidation sites excluding steroid dienone is 1. The van der Waals surface area contributed by atoms with Gasteiger partial charge in [-0.1, -0.05) is 6.08 Å². The monoisotopic (exact) mass is 85.0 g/mol. The van der Waals surface area contributed by atoms with E-state index in [1.807, 2.05) is 6.20 Å². The third-order valence-electron chi connectivity index (χ3n) is 0.441. The summed E-state index contributed by atoms with van der Waals surface area (Å²) in [6, 6.07) is 0. The van der Waals surface area contributed by atoms with Crippen LogP contribution in [-0.4, -0.2) is 6.16 Å². The molecule has 0 aromatic carbocycles. The Balaban J connectivity index is 2.61. The summed E-state index contributed by atoms with van der Waals surface area (Å²) >= 11 is 0. The van der Waals surface area contributed by atoms with Gasteiger partial charge in [-0.3, -0.25) is 0 Å². The molecule has 0 aliphatic carbocycles. The first kappa shape index (κ1) is 3.05. The van der Waals surface area contributed by atoms with Crippen LogP contribution in [0.3, 0.4) is 0 Å². The molecule has 0 atom stereocenters. The van der Waals surface area contributed by atoms with E-state index in [1.165, 1.54) is 8.37 Å². The summed E-state index contributed by atoms with van der Waals surface area (Å²) in [6.45, 7) is 0. The Morgan fingerprint density at radius 3 is 3.00 bits per heavy atom. The highest BCUT2D eigenvalue weighted by atomic mass is 31.1. The Hall–Kier alpha value is -0.160. The molecule has 5 heavy (non-hydrogen) atoms. The normalized spacial score (nSPS) is 20.8. The first-order valence-corrected chi connectivity index (χ1v) is 2.55. The number of hydrogen-bond acceptors (Lipinski definition) is 1. The van der Waals surface area contributed by atoms with Gasteiger partial charge in [0.15, 0.2) is 0 Å². The quantitative estimate of drug-likeness (QED) is 0.396. The van der Waals surface area contributed by atoms with E-state index < -0.39 is 0 Å². The molecule has 1 rings (SSSR count). The second-order valence-corrected chi connectivity index (χ2v) is 1.70. The zero-order chi connectivity index (χ0) is 3.54. The molecule has 0 radical (unpaired) electrons. The number of rotatable bonds is 0. The van der Waals surface area contributed by atoms with E-state index in [1.54, 1.807) is 0 Å². The van der Waals surface area contributed by atoms with Crippen molar-refractivity contribution in [2.75, 3.05) is 6.16 Å². The average Bonchev–Trinajstić information content (AvgIpc) is 1.76. The maximum atomic E-state index is 3.88. The second kappa shape index (κ2) is 1.32. The third-order valence-corrected chi connectivity index (χ3v) is 1.11. The number of nitrogens with zero attached hydrogens (tertiary/aromatic N) is 1. The first-order valence-electron chi connectivity index (χ1n) is 1.52. The van der Waals surface area contributed by atoms with Crippen molar-refractivity contribution in [2.45, 2.75) is 0 Å². The summed E-state index contributed by atoms with van der Waals surface area (Å²) in [5, 5.41) is 0. The van der Waals surface area contributed by atoms with Crippen molar-refractivity contribution in [1.82, 2.24) is 0 Å². The van der Waals surface area contributed by atoms with Crippen LogP contribution in [-0.2, 0) is 0 Å². The molecule has 1 aliphatic rings. The maximum absolute atomic E-state index is 3.88. The lowest BCUT2D eigenvalue weighted by atomic mass is 10.7. The molecule has 26 valence electrons. The highest BCUT2D eigenvalue weighted by Gasteiger charge is 1.74. The van der Waals surface area contributed by atoms with Crippen molar-refractivity contribution in [2.24, 2.45) is 4.74 Å². The van der Waals surface area contributed by atoms with Gasteiger partial charge in [0.2, 0.25) is 0 Å². The molecular weight excluding hydrogens is 81.0 g/mol. The van der Waals surface area contributed by atoms with E-state index >= 15 is 0 Å². The van der Waals surface area contributed by atoms with Crippen molar-refractivity contribution in [3.8, 4) is 0 Å². The maximum Gasteiger partial charge on any atom is 0.0281 e. The molecule has 0 amide bonds. The minimum Gasteiger partial charge on any atom is -0.240 e. The lowest BCUT2D eigenvalue weighted by Gasteiger charge is -1.52. The summed E-state index contributed by atoms with van der Waals surface area (Å²) in [5.41, 5.74) is 0. The zero-order valence-electron chi connectivity index (χ0n) is 2.76. The molecule has 2 heteroatoms. The van der Waals surface area contributed by atoms with Gasteiger partial charge in [-0.15, -0.1) is 0 Å². The van der Waals surface area contributed by atoms with E-state index in [2.05, 4.69) is 10.8 Å². The molecule has 0 saturated heterocycles. The zero-order valence-corrected chi connectivity index (χ0v) is 3.65. The summed E-state index contributed by atoms with van der Waals surface area (Å²) in [6.07, 6.45) is 5.03. The molecule has 0 aromatic rings. The summed E-state index contributed by atoms with van der Waals surface area (Å²) < 4.78 is 3.88. The van der Waals surface area contributed by atoms with Crippen molar-refractivity contribution in [3.05, 3.63) is 12.3 Å². The minimum absolute atomic E-state index is 1.12. The Morgan fingerprint density at radius 1 is 1.80 bits per heavy atom. The van der Waals surface area contributed by atoms with E-state index in [4.69, 9.17) is 0 Å². The van der Waals surface area contributed by atoms with Crippen molar-refractivity contribution in [1.29, 1.82) is 0 Å². The Labute approximate surface area is 32.6 Å². The van der Waals surface area contributed by atoms with Crippen LogP contribution in [0.4, 0.5) is 0 Å². The van der Waals surface area contributed by atoms with Gasteiger partial charge in [-0.2, -0.15) is 0 Å². The van der Waals surface area contributed by atoms with Crippen molar-refractivity contribution < 1.29 is 0 Å². The van der Waals surface area contributed by atoms with Gasteiger partial charge >= 0.3 is 0 Å². The van der Waals surface area contributed by atoms with Crippen LogP contribution in [0.25, 0.3) is 0 Å². The standard InChI is InChI=1S/C3H4NP/c1-2-4-5-3-1/h1-2H,3H2. The fourth-order valence-corrected chi connectivity index (χ4v) is 0.707. The van der Waals surface area contributed by atoms with Gasteiger partial charge in [0.1, 0.15) is 0 Å². The summed E-state index contributed by atoms with van der Waals surface area (Å²) in [4.78, 5) is 0. The molecule has 1 nitrogen and oxygen atoms in total. The van der Waals surface area contributed by atoms with Crippen LogP contribution >= 0.6 is 8.37 Å². The van der Waals surface area contributed by atoms with Gasteiger partial charge in [0.25, 0.3) is 0 Å². The van der Waals surface area contributed by atoms with E-state index in [-0.39, 0.29) is 0 Å². The fraction of sp³-hybridized carbons (Fsp3) is 0.333. The van der Waals surface area contributed by atoms with Crippen LogP contribution in [0.15, 0.2) is 17.0 Å². The Morgan fingerprint density at radius 2 is 2.80 bits per heavy atom. The molecule has 1 aliphatic heterocycles. The summed E-state index contributed by atoms with van der Waals surface area (Å²) in [7, 11) is 1.21. The van der Waals surface area contributed by atoms with Crippen molar-refractivity contribution in [3.63, 3.8) is 0 Å². The van der Waals surface area contributed by atoms with E-state index in [0.717, 1.165) is 6.16 Å².